The fraction of sp³-hybridized carbons (Fsp3) is 0.407. The first-order chi connectivity index (χ1) is 15.7. The van der Waals surface area contributed by atoms with Crippen molar-refractivity contribution in [3.05, 3.63) is 65.7 Å². The van der Waals surface area contributed by atoms with Crippen molar-refractivity contribution in [1.82, 2.24) is 14.8 Å². The Kier molecular flexibility index (Phi) is 9.31. The second-order valence-electron chi connectivity index (χ2n) is 9.11. The number of hydrogen-bond donors (Lipinski definition) is 1. The molecule has 34 heavy (non-hydrogen) atoms. The van der Waals surface area contributed by atoms with Crippen molar-refractivity contribution >= 4 is 41.7 Å². The Labute approximate surface area is 214 Å². The van der Waals surface area contributed by atoms with Gasteiger partial charge in [-0.3, -0.25) is 4.90 Å². The topological polar surface area (TPSA) is 56.7 Å². The summed E-state index contributed by atoms with van der Waals surface area (Å²) in [5, 5.41) is 10.9. The van der Waals surface area contributed by atoms with E-state index in [2.05, 4.69) is 9.80 Å². The van der Waals surface area contributed by atoms with Crippen LogP contribution in [0.4, 0.5) is 0 Å². The van der Waals surface area contributed by atoms with E-state index in [1.165, 1.54) is 32.4 Å². The summed E-state index contributed by atoms with van der Waals surface area (Å²) in [5.41, 5.74) is 3.72. The molecule has 3 aromatic rings. The predicted molar refractivity (Wildman–Crippen MR) is 142 cm³/mol. The van der Waals surface area contributed by atoms with E-state index in [4.69, 9.17) is 4.98 Å². The molecule has 0 spiro atoms. The van der Waals surface area contributed by atoms with E-state index in [0.717, 1.165) is 53.7 Å². The average molecular weight is 502 g/mol. The SMILES string of the molecule is Cl.Cl.O=C(O)c1c(CN2CCC(N3CCCCC3)CC2)c(-c2ccccc2)nc2ccccc12. The second-order valence-corrected chi connectivity index (χ2v) is 9.11. The Balaban J connectivity index is 0.00000162. The quantitative estimate of drug-likeness (QED) is 0.471. The summed E-state index contributed by atoms with van der Waals surface area (Å²) in [6.45, 7) is 5.10. The number of nitrogens with zero attached hydrogens (tertiary/aromatic N) is 3. The largest absolute Gasteiger partial charge is 0.478 e. The van der Waals surface area contributed by atoms with E-state index in [-0.39, 0.29) is 24.8 Å². The summed E-state index contributed by atoms with van der Waals surface area (Å²) in [6.07, 6.45) is 6.33. The van der Waals surface area contributed by atoms with E-state index in [9.17, 15) is 9.90 Å². The predicted octanol–water partition coefficient (Wildman–Crippen LogP) is 5.89. The highest BCUT2D eigenvalue weighted by Crippen LogP contribution is 2.32. The van der Waals surface area contributed by atoms with Gasteiger partial charge in [0.1, 0.15) is 0 Å². The maximum absolute atomic E-state index is 12.5. The molecule has 2 fully saturated rings. The van der Waals surface area contributed by atoms with Gasteiger partial charge in [-0.1, -0.05) is 55.0 Å². The lowest BCUT2D eigenvalue weighted by Gasteiger charge is -2.40. The van der Waals surface area contributed by atoms with Crippen LogP contribution in [0.15, 0.2) is 54.6 Å². The number of halogens is 2. The van der Waals surface area contributed by atoms with Crippen LogP contribution >= 0.6 is 24.8 Å². The molecule has 0 aliphatic carbocycles. The number of likely N-dealkylation sites (tertiary alicyclic amines) is 2. The van der Waals surface area contributed by atoms with Crippen LogP contribution in [0.5, 0.6) is 0 Å². The molecule has 2 aromatic carbocycles. The van der Waals surface area contributed by atoms with Crippen LogP contribution < -0.4 is 0 Å². The first-order valence-corrected chi connectivity index (χ1v) is 11.9. The summed E-state index contributed by atoms with van der Waals surface area (Å²) >= 11 is 0. The highest BCUT2D eigenvalue weighted by Gasteiger charge is 2.28. The first-order valence-electron chi connectivity index (χ1n) is 11.9. The van der Waals surface area contributed by atoms with E-state index >= 15 is 0 Å². The molecule has 0 radical (unpaired) electrons. The molecular formula is C27H33Cl2N3O2. The molecule has 1 aromatic heterocycles. The van der Waals surface area contributed by atoms with Gasteiger partial charge in [-0.2, -0.15) is 0 Å². The van der Waals surface area contributed by atoms with Gasteiger partial charge in [-0.15, -0.1) is 24.8 Å². The second kappa shape index (κ2) is 12.0. The van der Waals surface area contributed by atoms with Crippen LogP contribution in [0.25, 0.3) is 22.2 Å². The first kappa shape index (κ1) is 26.4. The zero-order chi connectivity index (χ0) is 21.9. The molecule has 0 amide bonds. The standard InChI is InChI=1S/C27H31N3O2.2ClH/c31-27(32)25-22-11-5-6-12-24(22)28-26(20-9-3-1-4-10-20)23(25)19-29-17-13-21(14-18-29)30-15-7-2-8-16-30;;/h1,3-6,9-12,21H,2,7-8,13-19H2,(H,31,32);2*1H. The lowest BCUT2D eigenvalue weighted by Crippen LogP contribution is -2.46. The summed E-state index contributed by atoms with van der Waals surface area (Å²) in [6, 6.07) is 18.3. The van der Waals surface area contributed by atoms with Crippen LogP contribution in [-0.4, -0.2) is 58.1 Å². The van der Waals surface area contributed by atoms with Crippen molar-refractivity contribution in [2.75, 3.05) is 26.2 Å². The molecule has 7 heteroatoms. The minimum absolute atomic E-state index is 0. The number of hydrogen-bond acceptors (Lipinski definition) is 4. The summed E-state index contributed by atoms with van der Waals surface area (Å²) in [7, 11) is 0. The molecule has 2 saturated heterocycles. The van der Waals surface area contributed by atoms with Gasteiger partial charge in [0, 0.05) is 29.1 Å². The lowest BCUT2D eigenvalue weighted by atomic mass is 9.94. The molecule has 1 N–H and O–H groups in total. The summed E-state index contributed by atoms with van der Waals surface area (Å²) < 4.78 is 0. The number of carboxylic acids is 1. The molecule has 3 heterocycles. The summed E-state index contributed by atoms with van der Waals surface area (Å²) in [5.74, 6) is -0.876. The molecule has 2 aliphatic rings. The van der Waals surface area contributed by atoms with Crippen molar-refractivity contribution in [3.63, 3.8) is 0 Å². The van der Waals surface area contributed by atoms with Crippen LogP contribution in [0, 0.1) is 0 Å². The average Bonchev–Trinajstić information content (AvgIpc) is 2.85. The Bertz CT molecular complexity index is 1100. The zero-order valence-corrected chi connectivity index (χ0v) is 21.0. The smallest absolute Gasteiger partial charge is 0.336 e. The normalized spacial score (nSPS) is 17.6. The van der Waals surface area contributed by atoms with Gasteiger partial charge < -0.3 is 10.0 Å². The van der Waals surface area contributed by atoms with Crippen molar-refractivity contribution in [2.45, 2.75) is 44.7 Å². The van der Waals surface area contributed by atoms with E-state index in [1.54, 1.807) is 0 Å². The number of piperidine rings is 2. The molecule has 182 valence electrons. The number of aromatic carboxylic acids is 1. The van der Waals surface area contributed by atoms with Crippen LogP contribution in [0.2, 0.25) is 0 Å². The Hall–Kier alpha value is -2.18. The number of aromatic nitrogens is 1. The van der Waals surface area contributed by atoms with Crippen molar-refractivity contribution in [2.24, 2.45) is 0 Å². The maximum atomic E-state index is 12.5. The number of para-hydroxylation sites is 1. The third kappa shape index (κ3) is 5.55. The number of carboxylic acid groups (broad SMARTS) is 1. The van der Waals surface area contributed by atoms with Crippen molar-refractivity contribution in [3.8, 4) is 11.3 Å². The van der Waals surface area contributed by atoms with Gasteiger partial charge in [0.15, 0.2) is 0 Å². The molecule has 0 saturated carbocycles. The van der Waals surface area contributed by atoms with Gasteiger partial charge in [0.25, 0.3) is 0 Å². The molecule has 0 bridgehead atoms. The molecule has 0 unspecified atom stereocenters. The van der Waals surface area contributed by atoms with Gasteiger partial charge >= 0.3 is 5.97 Å². The van der Waals surface area contributed by atoms with E-state index in [0.29, 0.717) is 18.2 Å². The van der Waals surface area contributed by atoms with Crippen LogP contribution in [0.3, 0.4) is 0 Å². The molecule has 2 aliphatic heterocycles. The molecule has 5 nitrogen and oxygen atoms in total. The number of fused-ring (bicyclic) bond motifs is 1. The highest BCUT2D eigenvalue weighted by molar-refractivity contribution is 6.05. The zero-order valence-electron chi connectivity index (χ0n) is 19.4. The van der Waals surface area contributed by atoms with Crippen LogP contribution in [-0.2, 0) is 6.54 Å². The number of carbonyl (C=O) groups is 1. The third-order valence-electron chi connectivity index (χ3n) is 7.10. The lowest BCUT2D eigenvalue weighted by molar-refractivity contribution is 0.0692. The van der Waals surface area contributed by atoms with Crippen LogP contribution in [0.1, 0.15) is 48.0 Å². The number of rotatable bonds is 5. The van der Waals surface area contributed by atoms with Gasteiger partial charge in [0.2, 0.25) is 0 Å². The van der Waals surface area contributed by atoms with E-state index < -0.39 is 5.97 Å². The third-order valence-corrected chi connectivity index (χ3v) is 7.10. The van der Waals surface area contributed by atoms with Crippen molar-refractivity contribution < 1.29 is 9.90 Å². The van der Waals surface area contributed by atoms with E-state index in [1.807, 2.05) is 54.6 Å². The highest BCUT2D eigenvalue weighted by atomic mass is 35.5. The van der Waals surface area contributed by atoms with Gasteiger partial charge in [0.05, 0.1) is 16.8 Å². The molecule has 0 atom stereocenters. The fourth-order valence-electron chi connectivity index (χ4n) is 5.43. The Morgan fingerprint density at radius 3 is 2.21 bits per heavy atom. The Morgan fingerprint density at radius 1 is 0.882 bits per heavy atom. The monoisotopic (exact) mass is 501 g/mol. The van der Waals surface area contributed by atoms with Crippen molar-refractivity contribution in [1.29, 1.82) is 0 Å². The minimum Gasteiger partial charge on any atom is -0.478 e. The van der Waals surface area contributed by atoms with Gasteiger partial charge in [-0.05, 0) is 57.9 Å². The number of pyridine rings is 1. The molecular weight excluding hydrogens is 469 g/mol. The van der Waals surface area contributed by atoms with Gasteiger partial charge in [-0.25, -0.2) is 9.78 Å². The minimum atomic E-state index is -0.876. The summed E-state index contributed by atoms with van der Waals surface area (Å²) in [4.78, 5) is 22.5. The maximum Gasteiger partial charge on any atom is 0.336 e. The number of benzene rings is 2. The fourth-order valence-corrected chi connectivity index (χ4v) is 5.43. The molecule has 5 rings (SSSR count). The Morgan fingerprint density at radius 2 is 1.53 bits per heavy atom.